The Morgan fingerprint density at radius 1 is 1.16 bits per heavy atom. The molecule has 0 aliphatic heterocycles. The number of hydrogen-bond acceptors (Lipinski definition) is 5. The van der Waals surface area contributed by atoms with Gasteiger partial charge in [0.25, 0.3) is 5.91 Å². The number of primary amides is 2. The molecule has 3 rings (SSSR count). The minimum Gasteiger partial charge on any atom is -0.367 e. The van der Waals surface area contributed by atoms with Gasteiger partial charge in [-0.05, 0) is 25.1 Å². The number of fused-ring (bicyclic) bond motifs is 1. The third kappa shape index (κ3) is 3.09. The van der Waals surface area contributed by atoms with Crippen molar-refractivity contribution in [2.45, 2.75) is 13.0 Å². The highest BCUT2D eigenvalue weighted by Crippen LogP contribution is 2.30. The van der Waals surface area contributed by atoms with E-state index in [1.807, 2.05) is 37.3 Å². The molecule has 0 radical (unpaired) electrons. The summed E-state index contributed by atoms with van der Waals surface area (Å²) in [5.74, 6) is -2.61. The fraction of sp³-hybridized carbons (Fsp3) is 0.125. The predicted octanol–water partition coefficient (Wildman–Crippen LogP) is 0.464. The summed E-state index contributed by atoms with van der Waals surface area (Å²) < 4.78 is 1.74. The maximum absolute atomic E-state index is 12.3. The van der Waals surface area contributed by atoms with Gasteiger partial charge in [-0.25, -0.2) is 4.68 Å². The Kier molecular flexibility index (Phi) is 4.24. The van der Waals surface area contributed by atoms with Gasteiger partial charge in [-0.15, -0.1) is 11.3 Å². The summed E-state index contributed by atoms with van der Waals surface area (Å²) in [5.41, 5.74) is 11.8. The van der Waals surface area contributed by atoms with Crippen molar-refractivity contribution in [2.24, 2.45) is 11.5 Å². The smallest absolute Gasteiger partial charge is 0.262 e. The van der Waals surface area contributed by atoms with Crippen molar-refractivity contribution < 1.29 is 14.4 Å². The molecule has 0 spiro atoms. The van der Waals surface area contributed by atoms with Gasteiger partial charge < -0.3 is 16.8 Å². The van der Waals surface area contributed by atoms with E-state index in [0.29, 0.717) is 4.88 Å². The van der Waals surface area contributed by atoms with Crippen LogP contribution in [0.25, 0.3) is 15.9 Å². The van der Waals surface area contributed by atoms with E-state index in [-0.39, 0.29) is 0 Å². The number of amides is 3. The lowest BCUT2D eigenvalue weighted by molar-refractivity contribution is -0.128. The molecule has 3 amide bonds. The minimum atomic E-state index is -1.55. The summed E-state index contributed by atoms with van der Waals surface area (Å²) >= 11 is 1.20. The summed E-state index contributed by atoms with van der Waals surface area (Å²) in [6.45, 7) is 1.84. The van der Waals surface area contributed by atoms with Gasteiger partial charge in [-0.1, -0.05) is 18.2 Å². The van der Waals surface area contributed by atoms with E-state index in [9.17, 15) is 14.4 Å². The number of thiophene rings is 1. The number of para-hydroxylation sites is 1. The third-order valence-corrected chi connectivity index (χ3v) is 4.72. The zero-order chi connectivity index (χ0) is 18.1. The number of aromatic nitrogens is 2. The first-order valence-electron chi connectivity index (χ1n) is 7.32. The Morgan fingerprint density at radius 2 is 1.80 bits per heavy atom. The molecular weight excluding hydrogens is 342 g/mol. The van der Waals surface area contributed by atoms with E-state index < -0.39 is 23.8 Å². The first-order valence-corrected chi connectivity index (χ1v) is 8.14. The lowest BCUT2D eigenvalue weighted by Gasteiger charge is -2.10. The van der Waals surface area contributed by atoms with Gasteiger partial charge in [0.1, 0.15) is 4.83 Å². The molecule has 0 unspecified atom stereocenters. The molecule has 0 fully saturated rings. The Morgan fingerprint density at radius 3 is 2.40 bits per heavy atom. The van der Waals surface area contributed by atoms with Crippen LogP contribution in [0.2, 0.25) is 0 Å². The van der Waals surface area contributed by atoms with Crippen molar-refractivity contribution in [3.63, 3.8) is 0 Å². The number of carbonyl (C=O) groups excluding carboxylic acids is 3. The topological polar surface area (TPSA) is 133 Å². The van der Waals surface area contributed by atoms with Gasteiger partial charge in [0, 0.05) is 5.39 Å². The Bertz CT molecular complexity index is 962. The molecule has 128 valence electrons. The number of aryl methyl sites for hydroxylation is 1. The van der Waals surface area contributed by atoms with Gasteiger partial charge >= 0.3 is 0 Å². The van der Waals surface area contributed by atoms with Crippen LogP contribution in [-0.2, 0) is 9.59 Å². The van der Waals surface area contributed by atoms with Crippen LogP contribution >= 0.6 is 11.3 Å². The van der Waals surface area contributed by atoms with Crippen molar-refractivity contribution in [1.82, 2.24) is 15.1 Å². The van der Waals surface area contributed by atoms with E-state index in [1.54, 1.807) is 10.7 Å². The van der Waals surface area contributed by atoms with E-state index in [1.165, 1.54) is 11.3 Å². The summed E-state index contributed by atoms with van der Waals surface area (Å²) in [5, 5.41) is 7.55. The van der Waals surface area contributed by atoms with Crippen LogP contribution in [-0.4, -0.2) is 33.5 Å². The second-order valence-electron chi connectivity index (χ2n) is 5.37. The van der Waals surface area contributed by atoms with Crippen molar-refractivity contribution in [1.29, 1.82) is 0 Å². The third-order valence-electron chi connectivity index (χ3n) is 3.61. The highest BCUT2D eigenvalue weighted by atomic mass is 32.1. The number of rotatable bonds is 5. The van der Waals surface area contributed by atoms with Crippen LogP contribution in [0.15, 0.2) is 36.4 Å². The molecular formula is C16H15N5O3S. The lowest BCUT2D eigenvalue weighted by atomic mass is 10.2. The van der Waals surface area contributed by atoms with E-state index in [0.717, 1.165) is 21.6 Å². The largest absolute Gasteiger partial charge is 0.367 e. The number of nitrogens with two attached hydrogens (primary N) is 2. The molecule has 0 aliphatic carbocycles. The maximum Gasteiger partial charge on any atom is 0.262 e. The second-order valence-corrected chi connectivity index (χ2v) is 6.40. The highest BCUT2D eigenvalue weighted by Gasteiger charge is 2.26. The summed E-state index contributed by atoms with van der Waals surface area (Å²) in [6, 6.07) is 9.61. The summed E-state index contributed by atoms with van der Waals surface area (Å²) in [4.78, 5) is 35.9. The molecule has 0 saturated heterocycles. The molecule has 0 atom stereocenters. The zero-order valence-corrected chi connectivity index (χ0v) is 14.0. The average Bonchev–Trinajstić information content (AvgIpc) is 3.13. The van der Waals surface area contributed by atoms with Crippen molar-refractivity contribution in [3.8, 4) is 5.69 Å². The second kappa shape index (κ2) is 6.36. The molecule has 0 bridgehead atoms. The molecule has 5 N–H and O–H groups in total. The fourth-order valence-corrected chi connectivity index (χ4v) is 3.47. The van der Waals surface area contributed by atoms with E-state index in [2.05, 4.69) is 10.4 Å². The van der Waals surface area contributed by atoms with E-state index >= 15 is 0 Å². The molecule has 0 aliphatic rings. The van der Waals surface area contributed by atoms with Crippen molar-refractivity contribution >= 4 is 39.3 Å². The first-order chi connectivity index (χ1) is 11.9. The SMILES string of the molecule is Cc1nn(-c2ccccc2)c2sc(C(=O)NC(C(N)=O)C(N)=O)cc12. The van der Waals surface area contributed by atoms with Crippen LogP contribution in [0.4, 0.5) is 0 Å². The van der Waals surface area contributed by atoms with E-state index in [4.69, 9.17) is 11.5 Å². The Balaban J connectivity index is 1.98. The van der Waals surface area contributed by atoms with Crippen LogP contribution in [0.1, 0.15) is 15.4 Å². The number of hydrogen-bond donors (Lipinski definition) is 3. The van der Waals surface area contributed by atoms with Gasteiger partial charge in [0.05, 0.1) is 16.3 Å². The molecule has 9 heteroatoms. The highest BCUT2D eigenvalue weighted by molar-refractivity contribution is 7.20. The molecule has 3 aromatic rings. The first kappa shape index (κ1) is 16.7. The summed E-state index contributed by atoms with van der Waals surface area (Å²) in [7, 11) is 0. The van der Waals surface area contributed by atoms with Crippen molar-refractivity contribution in [2.75, 3.05) is 0 Å². The minimum absolute atomic E-state index is 0.327. The lowest BCUT2D eigenvalue weighted by Crippen LogP contribution is -2.52. The van der Waals surface area contributed by atoms with Crippen LogP contribution < -0.4 is 16.8 Å². The standard InChI is InChI=1S/C16H15N5O3S/c1-8-10-7-11(15(24)19-12(13(17)22)14(18)23)25-16(10)21(20-8)9-5-3-2-4-6-9/h2-7,12H,1H3,(H2,17,22)(H2,18,23)(H,19,24). The molecule has 0 saturated carbocycles. The monoisotopic (exact) mass is 357 g/mol. The molecule has 2 aromatic heterocycles. The number of nitrogens with one attached hydrogen (secondary N) is 1. The summed E-state index contributed by atoms with van der Waals surface area (Å²) in [6.07, 6.45) is 0. The maximum atomic E-state index is 12.3. The fourth-order valence-electron chi connectivity index (χ4n) is 2.39. The predicted molar refractivity (Wildman–Crippen MR) is 93.3 cm³/mol. The molecule has 1 aromatic carbocycles. The molecule has 25 heavy (non-hydrogen) atoms. The van der Waals surface area contributed by atoms with Gasteiger partial charge in [-0.2, -0.15) is 5.10 Å². The Hall–Kier alpha value is -3.20. The van der Waals surface area contributed by atoms with Crippen molar-refractivity contribution in [3.05, 3.63) is 47.0 Å². The van der Waals surface area contributed by atoms with Gasteiger partial charge in [-0.3, -0.25) is 14.4 Å². The average molecular weight is 357 g/mol. The number of benzene rings is 1. The van der Waals surface area contributed by atoms with Crippen LogP contribution in [0, 0.1) is 6.92 Å². The number of nitrogens with zero attached hydrogens (tertiary/aromatic N) is 2. The molecule has 8 nitrogen and oxygen atoms in total. The van der Waals surface area contributed by atoms with Gasteiger partial charge in [0.15, 0.2) is 6.04 Å². The quantitative estimate of drug-likeness (QED) is 0.572. The van der Waals surface area contributed by atoms with Crippen LogP contribution in [0.5, 0.6) is 0 Å². The zero-order valence-electron chi connectivity index (χ0n) is 13.2. The van der Waals surface area contributed by atoms with Crippen LogP contribution in [0.3, 0.4) is 0 Å². The normalized spacial score (nSPS) is 11.0. The van der Waals surface area contributed by atoms with Gasteiger partial charge in [0.2, 0.25) is 11.8 Å². The Labute approximate surface area is 146 Å². The molecule has 2 heterocycles. The number of carbonyl (C=O) groups is 3.